The Hall–Kier alpha value is -3.97. The van der Waals surface area contributed by atoms with Crippen molar-refractivity contribution in [3.05, 3.63) is 94.0 Å². The van der Waals surface area contributed by atoms with E-state index in [1.54, 1.807) is 55.6 Å². The van der Waals surface area contributed by atoms with Crippen LogP contribution in [-0.4, -0.2) is 42.0 Å². The third kappa shape index (κ3) is 5.27. The lowest BCUT2D eigenvalue weighted by Crippen LogP contribution is -2.29. The van der Waals surface area contributed by atoms with Gasteiger partial charge in [0.1, 0.15) is 23.0 Å². The summed E-state index contributed by atoms with van der Waals surface area (Å²) in [4.78, 5) is 28.2. The van der Waals surface area contributed by atoms with Gasteiger partial charge in [0.05, 0.1) is 44.0 Å². The number of para-hydroxylation sites is 1. The van der Waals surface area contributed by atoms with Gasteiger partial charge in [0.15, 0.2) is 0 Å². The van der Waals surface area contributed by atoms with Crippen LogP contribution in [0, 0.1) is 0 Å². The molecular weight excluding hydrogens is 494 g/mol. The van der Waals surface area contributed by atoms with Crippen LogP contribution in [0.1, 0.15) is 36.6 Å². The van der Waals surface area contributed by atoms with Gasteiger partial charge in [0, 0.05) is 16.7 Å². The summed E-state index contributed by atoms with van der Waals surface area (Å²) in [5.74, 6) is -0.346. The van der Waals surface area contributed by atoms with E-state index in [9.17, 15) is 14.7 Å². The van der Waals surface area contributed by atoms with Gasteiger partial charge in [-0.2, -0.15) is 0 Å². The largest absolute Gasteiger partial charge is 0.507 e. The molecule has 192 valence electrons. The van der Waals surface area contributed by atoms with Gasteiger partial charge in [0.2, 0.25) is 0 Å². The third-order valence-corrected chi connectivity index (χ3v) is 6.33. The van der Waals surface area contributed by atoms with E-state index in [1.807, 2.05) is 32.0 Å². The molecule has 0 radical (unpaired) electrons. The molecule has 0 aliphatic carbocycles. The number of likely N-dealkylation sites (tertiary alicyclic amines) is 1. The second-order valence-electron chi connectivity index (χ2n) is 8.31. The normalized spacial score (nSPS) is 16.6. The zero-order valence-electron chi connectivity index (χ0n) is 20.9. The Morgan fingerprint density at radius 2 is 1.65 bits per heavy atom. The first-order valence-corrected chi connectivity index (χ1v) is 12.3. The quantitative estimate of drug-likeness (QED) is 0.219. The number of ketones is 1. The topological polar surface area (TPSA) is 85.3 Å². The molecule has 1 aliphatic rings. The number of aliphatic hydroxyl groups excluding tert-OH is 1. The highest BCUT2D eigenvalue weighted by Crippen LogP contribution is 2.43. The van der Waals surface area contributed by atoms with Crippen molar-refractivity contribution in [1.82, 2.24) is 4.90 Å². The molecule has 1 aliphatic heterocycles. The van der Waals surface area contributed by atoms with Gasteiger partial charge >= 0.3 is 0 Å². The van der Waals surface area contributed by atoms with Crippen LogP contribution in [0.15, 0.2) is 72.3 Å². The van der Waals surface area contributed by atoms with Crippen molar-refractivity contribution in [2.24, 2.45) is 0 Å². The second-order valence-corrected chi connectivity index (χ2v) is 8.75. The van der Waals surface area contributed by atoms with Crippen molar-refractivity contribution >= 4 is 29.1 Å². The first-order chi connectivity index (χ1) is 17.9. The summed E-state index contributed by atoms with van der Waals surface area (Å²) in [5.41, 5.74) is 1.61. The summed E-state index contributed by atoms with van der Waals surface area (Å²) in [5, 5.41) is 12.0. The summed E-state index contributed by atoms with van der Waals surface area (Å²) in [6.45, 7) is 4.57. The van der Waals surface area contributed by atoms with Crippen molar-refractivity contribution in [3.8, 4) is 17.2 Å². The van der Waals surface area contributed by atoms with Gasteiger partial charge in [-0.15, -0.1) is 0 Å². The highest BCUT2D eigenvalue weighted by molar-refractivity contribution is 6.46. The average Bonchev–Trinajstić information content (AvgIpc) is 3.14. The van der Waals surface area contributed by atoms with Crippen LogP contribution in [0.2, 0.25) is 5.02 Å². The number of ether oxygens (including phenoxy) is 3. The standard InChI is InChI=1S/C29H28ClNO6/c1-4-36-21-14-15-22(24(16-21)37-5-2)27(32)25-26(18-10-12-20(30)13-11-18)31(29(34)28(25)33)17-19-8-6-7-9-23(19)35-3/h6-16,26,32H,4-5,17H2,1-3H3/b27-25-. The lowest BCUT2D eigenvalue weighted by Gasteiger charge is -2.26. The predicted molar refractivity (Wildman–Crippen MR) is 141 cm³/mol. The second kappa shape index (κ2) is 11.4. The Bertz CT molecular complexity index is 1330. The molecule has 4 rings (SSSR count). The predicted octanol–water partition coefficient (Wildman–Crippen LogP) is 5.77. The summed E-state index contributed by atoms with van der Waals surface area (Å²) in [7, 11) is 1.55. The maximum absolute atomic E-state index is 13.4. The number of benzene rings is 3. The van der Waals surface area contributed by atoms with E-state index in [1.165, 1.54) is 4.90 Å². The highest BCUT2D eigenvalue weighted by atomic mass is 35.5. The van der Waals surface area contributed by atoms with E-state index in [0.717, 1.165) is 5.56 Å². The van der Waals surface area contributed by atoms with Crippen molar-refractivity contribution < 1.29 is 28.9 Å². The monoisotopic (exact) mass is 521 g/mol. The summed E-state index contributed by atoms with van der Waals surface area (Å²) in [6.07, 6.45) is 0. The molecule has 37 heavy (non-hydrogen) atoms. The van der Waals surface area contributed by atoms with Gasteiger partial charge in [-0.05, 0) is 49.7 Å². The Morgan fingerprint density at radius 3 is 2.32 bits per heavy atom. The minimum Gasteiger partial charge on any atom is -0.507 e. The van der Waals surface area contributed by atoms with Crippen LogP contribution >= 0.6 is 11.6 Å². The smallest absolute Gasteiger partial charge is 0.295 e. The van der Waals surface area contributed by atoms with Crippen LogP contribution in [0.3, 0.4) is 0 Å². The minimum absolute atomic E-state index is 0.0349. The summed E-state index contributed by atoms with van der Waals surface area (Å²) in [6, 6.07) is 18.2. The average molecular weight is 522 g/mol. The molecule has 1 fully saturated rings. The van der Waals surface area contributed by atoms with Gasteiger partial charge in [0.25, 0.3) is 11.7 Å². The number of carbonyl (C=O) groups excluding carboxylic acids is 2. The number of hydrogen-bond donors (Lipinski definition) is 1. The number of halogens is 1. The minimum atomic E-state index is -0.858. The molecule has 3 aromatic carbocycles. The Labute approximate surface area is 220 Å². The number of Topliss-reactive ketones (excluding diaryl/α,β-unsaturated/α-hetero) is 1. The Balaban J connectivity index is 1.88. The van der Waals surface area contributed by atoms with Crippen molar-refractivity contribution in [3.63, 3.8) is 0 Å². The van der Waals surface area contributed by atoms with E-state index in [2.05, 4.69) is 0 Å². The van der Waals surface area contributed by atoms with Gasteiger partial charge < -0.3 is 24.2 Å². The summed E-state index contributed by atoms with van der Waals surface area (Å²) < 4.78 is 16.8. The first-order valence-electron chi connectivity index (χ1n) is 11.9. The number of amides is 1. The van der Waals surface area contributed by atoms with Crippen molar-refractivity contribution in [2.45, 2.75) is 26.4 Å². The third-order valence-electron chi connectivity index (χ3n) is 6.08. The highest BCUT2D eigenvalue weighted by Gasteiger charge is 2.46. The lowest BCUT2D eigenvalue weighted by molar-refractivity contribution is -0.140. The van der Waals surface area contributed by atoms with E-state index in [4.69, 9.17) is 25.8 Å². The summed E-state index contributed by atoms with van der Waals surface area (Å²) >= 11 is 6.12. The molecule has 3 aromatic rings. The fraction of sp³-hybridized carbons (Fsp3) is 0.241. The van der Waals surface area contributed by atoms with Gasteiger partial charge in [-0.1, -0.05) is 41.9 Å². The zero-order valence-corrected chi connectivity index (χ0v) is 21.6. The molecule has 1 atom stereocenters. The SMILES string of the molecule is CCOc1ccc(/C(O)=C2/C(=O)C(=O)N(Cc3ccccc3OC)C2c2ccc(Cl)cc2)c(OCC)c1. The molecule has 1 amide bonds. The Morgan fingerprint density at radius 1 is 0.946 bits per heavy atom. The van der Waals surface area contributed by atoms with Crippen molar-refractivity contribution in [1.29, 1.82) is 0 Å². The van der Waals surface area contributed by atoms with Gasteiger partial charge in [-0.3, -0.25) is 9.59 Å². The lowest BCUT2D eigenvalue weighted by atomic mass is 9.94. The molecule has 7 nitrogen and oxygen atoms in total. The van der Waals surface area contributed by atoms with E-state index >= 15 is 0 Å². The maximum atomic E-state index is 13.4. The molecule has 1 saturated heterocycles. The number of nitrogens with zero attached hydrogens (tertiary/aromatic N) is 1. The molecule has 0 spiro atoms. The number of carbonyl (C=O) groups is 2. The molecule has 0 bridgehead atoms. The van der Waals surface area contributed by atoms with Crippen molar-refractivity contribution in [2.75, 3.05) is 20.3 Å². The van der Waals surface area contributed by atoms with Crippen LogP contribution in [-0.2, 0) is 16.1 Å². The fourth-order valence-corrected chi connectivity index (χ4v) is 4.55. The fourth-order valence-electron chi connectivity index (χ4n) is 4.43. The molecule has 1 N–H and O–H groups in total. The molecule has 1 heterocycles. The van der Waals surface area contributed by atoms with E-state index < -0.39 is 17.7 Å². The van der Waals surface area contributed by atoms with Crippen LogP contribution < -0.4 is 14.2 Å². The van der Waals surface area contributed by atoms with E-state index in [0.29, 0.717) is 46.6 Å². The number of aliphatic hydroxyl groups is 1. The molecule has 0 aromatic heterocycles. The van der Waals surface area contributed by atoms with E-state index in [-0.39, 0.29) is 17.9 Å². The Kier molecular flexibility index (Phi) is 8.04. The number of hydrogen-bond acceptors (Lipinski definition) is 6. The first kappa shape index (κ1) is 26.1. The maximum Gasteiger partial charge on any atom is 0.295 e. The molecule has 0 saturated carbocycles. The van der Waals surface area contributed by atoms with Crippen LogP contribution in [0.4, 0.5) is 0 Å². The number of methoxy groups -OCH3 is 1. The molecule has 1 unspecified atom stereocenters. The van der Waals surface area contributed by atoms with Crippen LogP contribution in [0.5, 0.6) is 17.2 Å². The van der Waals surface area contributed by atoms with Crippen LogP contribution in [0.25, 0.3) is 5.76 Å². The molecule has 8 heteroatoms. The molecular formula is C29H28ClNO6. The number of rotatable bonds is 9. The zero-order chi connectivity index (χ0) is 26.5. The van der Waals surface area contributed by atoms with Gasteiger partial charge in [-0.25, -0.2) is 0 Å².